The molecular weight excluding hydrogens is 432 g/mol. The zero-order valence-electron chi connectivity index (χ0n) is 18.0. The number of guanidine groups is 1. The quantitative estimate of drug-likeness (QED) is 0.440. The Labute approximate surface area is 187 Å². The summed E-state index contributed by atoms with van der Waals surface area (Å²) in [7, 11) is -3.80. The average Bonchev–Trinajstić information content (AvgIpc) is 2.73. The normalized spacial score (nSPS) is 18.4. The van der Waals surface area contributed by atoms with Gasteiger partial charge >= 0.3 is 0 Å². The number of anilines is 1. The first-order chi connectivity index (χ1) is 15.1. The van der Waals surface area contributed by atoms with Gasteiger partial charge < -0.3 is 20.9 Å². The smallest absolute Gasteiger partial charge is 0.275 e. The van der Waals surface area contributed by atoms with E-state index in [4.69, 9.17) is 5.73 Å². The lowest BCUT2D eigenvalue weighted by molar-refractivity contribution is -0.121. The van der Waals surface area contributed by atoms with Crippen molar-refractivity contribution >= 4 is 27.6 Å². The number of aliphatic imine (C=N–C) groups is 1. The fraction of sp³-hybridized carbons (Fsp3) is 0.381. The summed E-state index contributed by atoms with van der Waals surface area (Å²) in [5, 5.41) is 5.84. The Morgan fingerprint density at radius 3 is 2.66 bits per heavy atom. The fourth-order valence-electron chi connectivity index (χ4n) is 3.40. The van der Waals surface area contributed by atoms with E-state index in [0.717, 1.165) is 0 Å². The summed E-state index contributed by atoms with van der Waals surface area (Å²) < 4.78 is 28.6. The minimum absolute atomic E-state index is 0.0552. The van der Waals surface area contributed by atoms with Gasteiger partial charge in [-0.15, -0.1) is 0 Å². The molecule has 2 unspecified atom stereocenters. The van der Waals surface area contributed by atoms with E-state index in [9.17, 15) is 18.0 Å². The SMILES string of the molecule is Cc1ccc(NS(=O)(=O)Cc2ccccc2)c(=O)n1CC(=O)NCC1CN=C(N)NC1C. The summed E-state index contributed by atoms with van der Waals surface area (Å²) in [5.74, 6) is -0.161. The molecule has 2 heterocycles. The molecule has 1 amide bonds. The highest BCUT2D eigenvalue weighted by Gasteiger charge is 2.22. The molecule has 10 nitrogen and oxygen atoms in total. The lowest BCUT2D eigenvalue weighted by Gasteiger charge is -2.28. The fourth-order valence-corrected chi connectivity index (χ4v) is 4.59. The zero-order valence-corrected chi connectivity index (χ0v) is 18.9. The Bertz CT molecular complexity index is 1160. The van der Waals surface area contributed by atoms with Gasteiger partial charge in [0.2, 0.25) is 15.9 Å². The van der Waals surface area contributed by atoms with E-state index < -0.39 is 15.6 Å². The summed E-state index contributed by atoms with van der Waals surface area (Å²) >= 11 is 0. The summed E-state index contributed by atoms with van der Waals surface area (Å²) in [6.07, 6.45) is 0. The summed E-state index contributed by atoms with van der Waals surface area (Å²) in [6.45, 7) is 4.29. The van der Waals surface area contributed by atoms with Crippen LogP contribution in [0.15, 0.2) is 52.3 Å². The van der Waals surface area contributed by atoms with Crippen molar-refractivity contribution in [1.82, 2.24) is 15.2 Å². The van der Waals surface area contributed by atoms with Crippen LogP contribution in [0.2, 0.25) is 0 Å². The number of carbonyl (C=O) groups is 1. The third-order valence-electron chi connectivity index (χ3n) is 5.30. The number of pyridine rings is 1. The highest BCUT2D eigenvalue weighted by molar-refractivity contribution is 7.91. The highest BCUT2D eigenvalue weighted by atomic mass is 32.2. The van der Waals surface area contributed by atoms with E-state index >= 15 is 0 Å². The first kappa shape index (κ1) is 23.3. The Hall–Kier alpha value is -3.34. The summed E-state index contributed by atoms with van der Waals surface area (Å²) in [5.41, 5.74) is 6.10. The van der Waals surface area contributed by atoms with Crippen molar-refractivity contribution in [2.75, 3.05) is 17.8 Å². The van der Waals surface area contributed by atoms with E-state index in [1.54, 1.807) is 43.3 Å². The van der Waals surface area contributed by atoms with E-state index in [1.807, 2.05) is 6.92 Å². The molecule has 1 aromatic heterocycles. The van der Waals surface area contributed by atoms with Crippen LogP contribution >= 0.6 is 0 Å². The van der Waals surface area contributed by atoms with Crippen LogP contribution in [0.25, 0.3) is 0 Å². The Balaban J connectivity index is 1.67. The van der Waals surface area contributed by atoms with Gasteiger partial charge in [0.05, 0.1) is 5.75 Å². The molecule has 172 valence electrons. The number of benzene rings is 1. The average molecular weight is 461 g/mol. The van der Waals surface area contributed by atoms with Gasteiger partial charge in [-0.05, 0) is 31.5 Å². The minimum atomic E-state index is -3.80. The molecule has 1 aromatic carbocycles. The molecule has 2 atom stereocenters. The Morgan fingerprint density at radius 1 is 1.25 bits per heavy atom. The van der Waals surface area contributed by atoms with Gasteiger partial charge in [-0.1, -0.05) is 30.3 Å². The molecule has 2 aromatic rings. The number of hydrogen-bond donors (Lipinski definition) is 4. The maximum absolute atomic E-state index is 12.9. The number of rotatable bonds is 8. The van der Waals surface area contributed by atoms with Crippen LogP contribution in [0.3, 0.4) is 0 Å². The number of aryl methyl sites for hydroxylation is 1. The monoisotopic (exact) mass is 460 g/mol. The standard InChI is InChI=1S/C21H28N6O4S/c1-14-8-9-18(26-32(30,31)13-16-6-4-3-5-7-16)20(29)27(14)12-19(28)23-10-17-11-24-21(22)25-15(17)2/h3-9,15,17,26H,10-13H2,1-2H3,(H,23,28)(H3,22,24,25). The predicted octanol–water partition coefficient (Wildman–Crippen LogP) is 0.137. The van der Waals surface area contributed by atoms with E-state index in [0.29, 0.717) is 30.3 Å². The minimum Gasteiger partial charge on any atom is -0.370 e. The van der Waals surface area contributed by atoms with E-state index in [1.165, 1.54) is 10.6 Å². The topological polar surface area (TPSA) is 148 Å². The molecule has 32 heavy (non-hydrogen) atoms. The Kier molecular flexibility index (Phi) is 7.18. The summed E-state index contributed by atoms with van der Waals surface area (Å²) in [4.78, 5) is 29.5. The molecule has 3 rings (SSSR count). The first-order valence-corrected chi connectivity index (χ1v) is 11.9. The van der Waals surface area contributed by atoms with Gasteiger partial charge in [-0.2, -0.15) is 0 Å². The van der Waals surface area contributed by atoms with E-state index in [2.05, 4.69) is 20.3 Å². The largest absolute Gasteiger partial charge is 0.370 e. The van der Waals surface area contributed by atoms with Crippen molar-refractivity contribution in [3.8, 4) is 0 Å². The molecule has 11 heteroatoms. The van der Waals surface area contributed by atoms with Crippen LogP contribution in [0, 0.1) is 12.8 Å². The van der Waals surface area contributed by atoms with Gasteiger partial charge in [0.15, 0.2) is 5.96 Å². The van der Waals surface area contributed by atoms with Crippen LogP contribution in [0.4, 0.5) is 5.69 Å². The van der Waals surface area contributed by atoms with Gasteiger partial charge in [0.1, 0.15) is 12.2 Å². The molecule has 0 aliphatic carbocycles. The van der Waals surface area contributed by atoms with Crippen LogP contribution in [-0.4, -0.2) is 44.0 Å². The van der Waals surface area contributed by atoms with Crippen molar-refractivity contribution in [2.45, 2.75) is 32.2 Å². The van der Waals surface area contributed by atoms with Crippen molar-refractivity contribution in [1.29, 1.82) is 0 Å². The second-order valence-corrected chi connectivity index (χ2v) is 9.57. The van der Waals surface area contributed by atoms with Crippen LogP contribution in [0.5, 0.6) is 0 Å². The van der Waals surface area contributed by atoms with Crippen LogP contribution < -0.4 is 26.6 Å². The second kappa shape index (κ2) is 9.86. The number of aromatic nitrogens is 1. The number of carbonyl (C=O) groups excluding carboxylic acids is 1. The number of sulfonamides is 1. The Morgan fingerprint density at radius 2 is 1.97 bits per heavy atom. The molecule has 0 fully saturated rings. The number of amides is 1. The molecule has 1 aliphatic heterocycles. The van der Waals surface area contributed by atoms with Crippen LogP contribution in [-0.2, 0) is 27.1 Å². The molecule has 0 radical (unpaired) electrons. The maximum atomic E-state index is 12.9. The van der Waals surface area contributed by atoms with Gasteiger partial charge in [0.25, 0.3) is 5.56 Å². The molecule has 0 saturated carbocycles. The lowest BCUT2D eigenvalue weighted by Crippen LogP contribution is -2.51. The number of nitrogens with two attached hydrogens (primary N) is 1. The summed E-state index contributed by atoms with van der Waals surface area (Å²) in [6, 6.07) is 11.7. The third-order valence-corrected chi connectivity index (χ3v) is 6.54. The lowest BCUT2D eigenvalue weighted by atomic mass is 10.0. The van der Waals surface area contributed by atoms with Crippen LogP contribution in [0.1, 0.15) is 18.2 Å². The van der Waals surface area contributed by atoms with Crippen molar-refractivity contribution in [3.63, 3.8) is 0 Å². The molecule has 0 spiro atoms. The number of nitrogens with zero attached hydrogens (tertiary/aromatic N) is 2. The molecule has 5 N–H and O–H groups in total. The van der Waals surface area contributed by atoms with Gasteiger partial charge in [-0.3, -0.25) is 19.3 Å². The van der Waals surface area contributed by atoms with Gasteiger partial charge in [0, 0.05) is 30.7 Å². The highest BCUT2D eigenvalue weighted by Crippen LogP contribution is 2.11. The van der Waals surface area contributed by atoms with Crippen molar-refractivity contribution in [3.05, 3.63) is 64.1 Å². The van der Waals surface area contributed by atoms with Crippen molar-refractivity contribution in [2.24, 2.45) is 16.6 Å². The molecule has 0 saturated heterocycles. The van der Waals surface area contributed by atoms with E-state index in [-0.39, 0.29) is 35.9 Å². The second-order valence-electron chi connectivity index (χ2n) is 7.85. The number of hydrogen-bond acceptors (Lipinski definition) is 7. The number of nitrogens with one attached hydrogen (secondary N) is 3. The predicted molar refractivity (Wildman–Crippen MR) is 124 cm³/mol. The zero-order chi connectivity index (χ0) is 23.3. The molecule has 1 aliphatic rings. The molecular formula is C21H28N6O4S. The first-order valence-electron chi connectivity index (χ1n) is 10.2. The van der Waals surface area contributed by atoms with Crippen molar-refractivity contribution < 1.29 is 13.2 Å². The maximum Gasteiger partial charge on any atom is 0.275 e. The van der Waals surface area contributed by atoms with Gasteiger partial charge in [-0.25, -0.2) is 8.42 Å². The molecule has 0 bridgehead atoms. The third kappa shape index (κ3) is 6.10.